The van der Waals surface area contributed by atoms with Crippen molar-refractivity contribution in [2.75, 3.05) is 19.0 Å². The smallest absolute Gasteiger partial charge is 0.310 e. The van der Waals surface area contributed by atoms with Crippen LogP contribution in [0.15, 0.2) is 30.6 Å². The van der Waals surface area contributed by atoms with E-state index in [2.05, 4.69) is 20.4 Å². The predicted octanol–water partition coefficient (Wildman–Crippen LogP) is 1.47. The van der Waals surface area contributed by atoms with Crippen LogP contribution in [0.1, 0.15) is 17.0 Å². The summed E-state index contributed by atoms with van der Waals surface area (Å²) in [6, 6.07) is 6.90. The molecular formula is C18H19N5O4. The van der Waals surface area contributed by atoms with E-state index in [1.807, 2.05) is 6.92 Å². The van der Waals surface area contributed by atoms with Crippen molar-refractivity contribution in [3.8, 4) is 5.75 Å². The summed E-state index contributed by atoms with van der Waals surface area (Å²) in [5.41, 5.74) is 2.69. The molecule has 0 aliphatic carbocycles. The summed E-state index contributed by atoms with van der Waals surface area (Å²) in [6.45, 7) is 3.24. The molecule has 0 saturated heterocycles. The minimum atomic E-state index is -0.525. The highest BCUT2D eigenvalue weighted by Crippen LogP contribution is 2.17. The Kier molecular flexibility index (Phi) is 5.30. The van der Waals surface area contributed by atoms with Crippen LogP contribution in [0.25, 0.3) is 5.78 Å². The zero-order valence-corrected chi connectivity index (χ0v) is 15.2. The molecule has 1 aromatic carbocycles. The van der Waals surface area contributed by atoms with Gasteiger partial charge in [-0.1, -0.05) is 6.07 Å². The van der Waals surface area contributed by atoms with Crippen LogP contribution >= 0.6 is 0 Å². The zero-order valence-electron chi connectivity index (χ0n) is 15.2. The number of anilines is 1. The number of aromatic nitrogens is 4. The van der Waals surface area contributed by atoms with E-state index in [4.69, 9.17) is 9.47 Å². The molecule has 0 radical (unpaired) electrons. The lowest BCUT2D eigenvalue weighted by Crippen LogP contribution is -2.22. The van der Waals surface area contributed by atoms with Crippen LogP contribution < -0.4 is 10.1 Å². The Morgan fingerprint density at radius 2 is 2.07 bits per heavy atom. The minimum absolute atomic E-state index is 0.00704. The third-order valence-corrected chi connectivity index (χ3v) is 4.03. The van der Waals surface area contributed by atoms with Crippen molar-refractivity contribution in [2.24, 2.45) is 0 Å². The van der Waals surface area contributed by atoms with Crippen molar-refractivity contribution < 1.29 is 19.1 Å². The van der Waals surface area contributed by atoms with Crippen LogP contribution in [0.3, 0.4) is 0 Å². The highest BCUT2D eigenvalue weighted by Gasteiger charge is 2.16. The van der Waals surface area contributed by atoms with E-state index in [9.17, 15) is 9.59 Å². The fourth-order valence-corrected chi connectivity index (χ4v) is 2.65. The Balaban J connectivity index is 1.59. The lowest BCUT2D eigenvalue weighted by Gasteiger charge is -2.11. The Morgan fingerprint density at radius 3 is 2.85 bits per heavy atom. The summed E-state index contributed by atoms with van der Waals surface area (Å²) in [7, 11) is 1.54. The number of carbonyl (C=O) groups excluding carboxylic acids is 2. The van der Waals surface area contributed by atoms with Crippen LogP contribution in [0, 0.1) is 13.8 Å². The number of benzene rings is 1. The van der Waals surface area contributed by atoms with Crippen molar-refractivity contribution >= 4 is 23.3 Å². The molecule has 1 N–H and O–H groups in total. The van der Waals surface area contributed by atoms with Gasteiger partial charge >= 0.3 is 5.97 Å². The summed E-state index contributed by atoms with van der Waals surface area (Å²) in [4.78, 5) is 32.5. The van der Waals surface area contributed by atoms with E-state index in [1.165, 1.54) is 13.4 Å². The van der Waals surface area contributed by atoms with Gasteiger partial charge in [0.1, 0.15) is 12.1 Å². The molecule has 0 atom stereocenters. The summed E-state index contributed by atoms with van der Waals surface area (Å²) in [5, 5.41) is 6.73. The summed E-state index contributed by atoms with van der Waals surface area (Å²) < 4.78 is 11.7. The summed E-state index contributed by atoms with van der Waals surface area (Å²) in [5.74, 6) is 0.129. The van der Waals surface area contributed by atoms with Gasteiger partial charge in [-0.3, -0.25) is 9.59 Å². The van der Waals surface area contributed by atoms with Gasteiger partial charge in [-0.2, -0.15) is 10.1 Å². The number of fused-ring (bicyclic) bond motifs is 1. The van der Waals surface area contributed by atoms with Crippen molar-refractivity contribution in [1.29, 1.82) is 0 Å². The van der Waals surface area contributed by atoms with E-state index >= 15 is 0 Å². The molecule has 140 valence electrons. The lowest BCUT2D eigenvalue weighted by atomic mass is 10.1. The number of amides is 1. The van der Waals surface area contributed by atoms with Gasteiger partial charge in [-0.15, -0.1) is 0 Å². The maximum Gasteiger partial charge on any atom is 0.310 e. The molecule has 0 fully saturated rings. The molecule has 0 aliphatic rings. The zero-order chi connectivity index (χ0) is 19.4. The number of rotatable bonds is 6. The molecule has 1 amide bonds. The van der Waals surface area contributed by atoms with Crippen LogP contribution in [0.2, 0.25) is 0 Å². The maximum atomic E-state index is 12.2. The first-order valence-corrected chi connectivity index (χ1v) is 8.23. The molecule has 0 bridgehead atoms. The van der Waals surface area contributed by atoms with E-state index in [-0.39, 0.29) is 13.0 Å². The van der Waals surface area contributed by atoms with Crippen LogP contribution in [-0.2, 0) is 20.7 Å². The molecule has 3 rings (SSSR count). The van der Waals surface area contributed by atoms with Crippen LogP contribution in [-0.4, -0.2) is 45.2 Å². The number of nitrogens with zero attached hydrogens (tertiary/aromatic N) is 4. The molecule has 0 unspecified atom stereocenters. The number of nitrogens with one attached hydrogen (secondary N) is 1. The van der Waals surface area contributed by atoms with Gasteiger partial charge in [0, 0.05) is 28.7 Å². The van der Waals surface area contributed by atoms with Crippen LogP contribution in [0.4, 0.5) is 5.69 Å². The van der Waals surface area contributed by atoms with Crippen molar-refractivity contribution in [3.63, 3.8) is 0 Å². The number of methoxy groups -OCH3 is 1. The number of aryl methyl sites for hydroxylation is 2. The van der Waals surface area contributed by atoms with Gasteiger partial charge in [0.25, 0.3) is 11.7 Å². The second kappa shape index (κ2) is 7.81. The van der Waals surface area contributed by atoms with Crippen molar-refractivity contribution in [3.05, 3.63) is 47.5 Å². The predicted molar refractivity (Wildman–Crippen MR) is 96.5 cm³/mol. The molecule has 2 aromatic heterocycles. The van der Waals surface area contributed by atoms with Crippen LogP contribution in [0.5, 0.6) is 5.75 Å². The average molecular weight is 369 g/mol. The van der Waals surface area contributed by atoms with Gasteiger partial charge in [0.2, 0.25) is 0 Å². The van der Waals surface area contributed by atoms with E-state index in [0.717, 1.165) is 5.69 Å². The molecule has 9 nitrogen and oxygen atoms in total. The van der Waals surface area contributed by atoms with E-state index in [1.54, 1.807) is 35.7 Å². The first-order chi connectivity index (χ1) is 13.0. The van der Waals surface area contributed by atoms with Gasteiger partial charge in [0.05, 0.1) is 13.5 Å². The second-order valence-electron chi connectivity index (χ2n) is 5.85. The monoisotopic (exact) mass is 369 g/mol. The number of hydrogen-bond donors (Lipinski definition) is 1. The van der Waals surface area contributed by atoms with E-state index in [0.29, 0.717) is 28.5 Å². The highest BCUT2D eigenvalue weighted by atomic mass is 16.5. The average Bonchev–Trinajstić information content (AvgIpc) is 3.12. The highest BCUT2D eigenvalue weighted by molar-refractivity contribution is 5.93. The Labute approximate surface area is 155 Å². The molecule has 0 spiro atoms. The second-order valence-corrected chi connectivity index (χ2v) is 5.85. The lowest BCUT2D eigenvalue weighted by molar-refractivity contribution is -0.146. The Hall–Kier alpha value is -3.49. The Bertz CT molecular complexity index is 999. The largest absolute Gasteiger partial charge is 0.497 e. The third kappa shape index (κ3) is 4.20. The van der Waals surface area contributed by atoms with Gasteiger partial charge in [0.15, 0.2) is 6.61 Å². The molecule has 0 saturated carbocycles. The molecule has 2 heterocycles. The molecule has 9 heteroatoms. The van der Waals surface area contributed by atoms with E-state index < -0.39 is 11.9 Å². The topological polar surface area (TPSA) is 108 Å². The number of carbonyl (C=O) groups is 2. The van der Waals surface area contributed by atoms with Gasteiger partial charge < -0.3 is 14.8 Å². The number of hydrogen-bond acceptors (Lipinski definition) is 7. The summed E-state index contributed by atoms with van der Waals surface area (Å²) in [6.07, 6.45) is 1.40. The number of esters is 1. The molecular weight excluding hydrogens is 350 g/mol. The van der Waals surface area contributed by atoms with Gasteiger partial charge in [-0.25, -0.2) is 9.50 Å². The molecule has 27 heavy (non-hydrogen) atoms. The molecule has 3 aromatic rings. The van der Waals surface area contributed by atoms with Gasteiger partial charge in [-0.05, 0) is 26.0 Å². The first-order valence-electron chi connectivity index (χ1n) is 8.23. The van der Waals surface area contributed by atoms with Crippen molar-refractivity contribution in [1.82, 2.24) is 19.6 Å². The first kappa shape index (κ1) is 18.3. The van der Waals surface area contributed by atoms with Crippen molar-refractivity contribution in [2.45, 2.75) is 20.3 Å². The number of ether oxygens (including phenoxy) is 2. The Morgan fingerprint density at radius 1 is 1.26 bits per heavy atom. The SMILES string of the molecule is COc1cccc(NC(=O)COC(=O)Cc2c(C)nc3ncnn3c2C)c1. The third-order valence-electron chi connectivity index (χ3n) is 4.03. The quantitative estimate of drug-likeness (QED) is 0.656. The maximum absolute atomic E-state index is 12.2. The minimum Gasteiger partial charge on any atom is -0.497 e. The standard InChI is InChI=1S/C18H19N5O4/c1-11-15(12(2)23-18(21-11)19-10-20-23)8-17(25)27-9-16(24)22-13-5-4-6-14(7-13)26-3/h4-7,10H,8-9H2,1-3H3,(H,22,24). The fourth-order valence-electron chi connectivity index (χ4n) is 2.65. The normalized spacial score (nSPS) is 10.6. The molecule has 0 aliphatic heterocycles. The fraction of sp³-hybridized carbons (Fsp3) is 0.278. The summed E-state index contributed by atoms with van der Waals surface area (Å²) >= 11 is 0.